The number of nitrogens with zero attached hydrogens (tertiary/aromatic N) is 1. The van der Waals surface area contributed by atoms with Gasteiger partial charge in [-0.25, -0.2) is 5.43 Å². The van der Waals surface area contributed by atoms with Crippen LogP contribution in [0.25, 0.3) is 0 Å². The molecule has 0 bridgehead atoms. The molecule has 1 amide bonds. The Morgan fingerprint density at radius 1 is 1.06 bits per heavy atom. The van der Waals surface area contributed by atoms with Crippen LogP contribution in [0.2, 0.25) is 5.02 Å². The Hall–Kier alpha value is -3.71. The average molecular weight is 453 g/mol. The van der Waals surface area contributed by atoms with Crippen LogP contribution in [-0.4, -0.2) is 25.5 Å². The number of hydrazone groups is 1. The van der Waals surface area contributed by atoms with Crippen LogP contribution in [0.4, 0.5) is 0 Å². The van der Waals surface area contributed by atoms with Crippen molar-refractivity contribution in [3.8, 4) is 23.0 Å². The highest BCUT2D eigenvalue weighted by molar-refractivity contribution is 6.31. The van der Waals surface area contributed by atoms with Crippen LogP contribution in [0.5, 0.6) is 23.0 Å². The number of nitrogens with one attached hydrogen (secondary N) is 1. The van der Waals surface area contributed by atoms with Gasteiger partial charge in [0, 0.05) is 16.1 Å². The molecule has 0 fully saturated rings. The fourth-order valence-corrected chi connectivity index (χ4v) is 3.22. The van der Waals surface area contributed by atoms with Gasteiger partial charge in [-0.05, 0) is 55.0 Å². The van der Waals surface area contributed by atoms with Gasteiger partial charge in [0.05, 0.1) is 12.8 Å². The lowest BCUT2D eigenvalue weighted by Gasteiger charge is -2.13. The summed E-state index contributed by atoms with van der Waals surface area (Å²) in [5, 5.41) is 4.68. The molecule has 8 heteroatoms. The molecule has 1 heterocycles. The predicted molar refractivity (Wildman–Crippen MR) is 121 cm³/mol. The summed E-state index contributed by atoms with van der Waals surface area (Å²) in [6.07, 6.45) is 1.53. The van der Waals surface area contributed by atoms with E-state index >= 15 is 0 Å². The van der Waals surface area contributed by atoms with Gasteiger partial charge in [0.25, 0.3) is 5.91 Å². The highest BCUT2D eigenvalue weighted by Crippen LogP contribution is 2.32. The lowest BCUT2D eigenvalue weighted by atomic mass is 10.2. The number of carbonyl (C=O) groups excluding carboxylic acids is 1. The maximum absolute atomic E-state index is 12.3. The molecule has 0 unspecified atom stereocenters. The lowest BCUT2D eigenvalue weighted by molar-refractivity contribution is 0.0954. The molecule has 0 spiro atoms. The number of ether oxygens (including phenoxy) is 4. The third-order valence-corrected chi connectivity index (χ3v) is 4.99. The van der Waals surface area contributed by atoms with E-state index in [1.165, 1.54) is 6.21 Å². The van der Waals surface area contributed by atoms with E-state index < -0.39 is 0 Å². The van der Waals surface area contributed by atoms with Crippen molar-refractivity contribution >= 4 is 23.7 Å². The van der Waals surface area contributed by atoms with Gasteiger partial charge in [-0.2, -0.15) is 5.10 Å². The van der Waals surface area contributed by atoms with Crippen LogP contribution in [0, 0.1) is 0 Å². The van der Waals surface area contributed by atoms with E-state index in [0.29, 0.717) is 46.8 Å². The normalized spacial score (nSPS) is 12.1. The first-order valence-corrected chi connectivity index (χ1v) is 10.4. The van der Waals surface area contributed by atoms with Gasteiger partial charge in [-0.1, -0.05) is 29.8 Å². The number of benzene rings is 3. The van der Waals surface area contributed by atoms with Crippen LogP contribution in [0.1, 0.15) is 28.4 Å². The Morgan fingerprint density at radius 3 is 2.75 bits per heavy atom. The maximum Gasteiger partial charge on any atom is 0.271 e. The van der Waals surface area contributed by atoms with E-state index in [1.807, 2.05) is 37.3 Å². The fourth-order valence-electron chi connectivity index (χ4n) is 3.03. The standard InChI is InChI=1S/C24H21ClN2O5/c1-2-29-22-11-16(7-9-20(22)30-14-18-5-3-4-6-19(18)25)13-26-27-24(28)17-8-10-21-23(12-17)32-15-31-21/h3-13H,2,14-15H2,1H3,(H,27,28)/b26-13+. The molecule has 4 rings (SSSR count). The van der Waals surface area contributed by atoms with Gasteiger partial charge >= 0.3 is 0 Å². The van der Waals surface area contributed by atoms with Gasteiger partial charge in [0.2, 0.25) is 6.79 Å². The molecule has 0 radical (unpaired) electrons. The van der Waals surface area contributed by atoms with Crippen molar-refractivity contribution in [1.82, 2.24) is 5.43 Å². The summed E-state index contributed by atoms with van der Waals surface area (Å²) in [4.78, 5) is 12.3. The summed E-state index contributed by atoms with van der Waals surface area (Å²) in [5.41, 5.74) is 4.55. The minimum absolute atomic E-state index is 0.152. The maximum atomic E-state index is 12.3. The molecule has 3 aromatic carbocycles. The van der Waals surface area contributed by atoms with Crippen molar-refractivity contribution < 1.29 is 23.7 Å². The van der Waals surface area contributed by atoms with Crippen LogP contribution in [-0.2, 0) is 6.61 Å². The Balaban J connectivity index is 1.41. The second-order valence-electron chi connectivity index (χ2n) is 6.79. The van der Waals surface area contributed by atoms with Crippen LogP contribution in [0.3, 0.4) is 0 Å². The second-order valence-corrected chi connectivity index (χ2v) is 7.19. The average Bonchev–Trinajstić information content (AvgIpc) is 3.27. The van der Waals surface area contributed by atoms with Gasteiger partial charge in [-0.15, -0.1) is 0 Å². The van der Waals surface area contributed by atoms with Crippen molar-refractivity contribution in [1.29, 1.82) is 0 Å². The summed E-state index contributed by atoms with van der Waals surface area (Å²) in [5.74, 6) is 1.96. The smallest absolute Gasteiger partial charge is 0.271 e. The minimum atomic E-state index is -0.357. The van der Waals surface area contributed by atoms with E-state index in [-0.39, 0.29) is 12.7 Å². The highest BCUT2D eigenvalue weighted by atomic mass is 35.5. The number of carbonyl (C=O) groups is 1. The molecular weight excluding hydrogens is 432 g/mol. The Kier molecular flexibility index (Phi) is 6.77. The molecule has 0 aliphatic carbocycles. The van der Waals surface area contributed by atoms with E-state index in [4.69, 9.17) is 30.5 Å². The monoisotopic (exact) mass is 452 g/mol. The SMILES string of the molecule is CCOc1cc(/C=N/NC(=O)c2ccc3c(c2)OCO3)ccc1OCc1ccccc1Cl. The fraction of sp³-hybridized carbons (Fsp3) is 0.167. The molecule has 1 aliphatic heterocycles. The first-order valence-electron chi connectivity index (χ1n) is 10.00. The molecule has 1 N–H and O–H groups in total. The van der Waals surface area contributed by atoms with Crippen molar-refractivity contribution in [3.63, 3.8) is 0 Å². The first-order chi connectivity index (χ1) is 15.6. The molecular formula is C24H21ClN2O5. The molecule has 0 atom stereocenters. The van der Waals surface area contributed by atoms with Gasteiger partial charge in [0.15, 0.2) is 23.0 Å². The third kappa shape index (κ3) is 5.12. The quantitative estimate of drug-likeness (QED) is 0.392. The van der Waals surface area contributed by atoms with Crippen LogP contribution in [0.15, 0.2) is 65.8 Å². The third-order valence-electron chi connectivity index (χ3n) is 4.62. The molecule has 164 valence electrons. The van der Waals surface area contributed by atoms with E-state index in [0.717, 1.165) is 11.1 Å². The van der Waals surface area contributed by atoms with Crippen molar-refractivity contribution in [3.05, 3.63) is 82.4 Å². The molecule has 0 saturated heterocycles. The van der Waals surface area contributed by atoms with E-state index in [1.54, 1.807) is 30.3 Å². The Morgan fingerprint density at radius 2 is 1.91 bits per heavy atom. The first kappa shape index (κ1) is 21.5. The van der Waals surface area contributed by atoms with E-state index in [9.17, 15) is 4.79 Å². The summed E-state index contributed by atoms with van der Waals surface area (Å²) in [7, 11) is 0. The largest absolute Gasteiger partial charge is 0.490 e. The van der Waals surface area contributed by atoms with E-state index in [2.05, 4.69) is 10.5 Å². The van der Waals surface area contributed by atoms with Gasteiger partial charge in [0.1, 0.15) is 6.61 Å². The number of fused-ring (bicyclic) bond motifs is 1. The minimum Gasteiger partial charge on any atom is -0.490 e. The number of amides is 1. The zero-order valence-electron chi connectivity index (χ0n) is 17.3. The lowest BCUT2D eigenvalue weighted by Crippen LogP contribution is -2.17. The summed E-state index contributed by atoms with van der Waals surface area (Å²) in [6, 6.07) is 17.9. The molecule has 32 heavy (non-hydrogen) atoms. The molecule has 3 aromatic rings. The van der Waals surface area contributed by atoms with Crippen molar-refractivity contribution in [2.75, 3.05) is 13.4 Å². The molecule has 0 saturated carbocycles. The number of hydrogen-bond acceptors (Lipinski definition) is 6. The van der Waals surface area contributed by atoms with Crippen molar-refractivity contribution in [2.45, 2.75) is 13.5 Å². The second kappa shape index (κ2) is 10.1. The summed E-state index contributed by atoms with van der Waals surface area (Å²) in [6.45, 7) is 2.84. The molecule has 0 aromatic heterocycles. The van der Waals surface area contributed by atoms with Gasteiger partial charge < -0.3 is 18.9 Å². The summed E-state index contributed by atoms with van der Waals surface area (Å²) < 4.78 is 22.1. The summed E-state index contributed by atoms with van der Waals surface area (Å²) >= 11 is 6.20. The number of halogens is 1. The Bertz CT molecular complexity index is 1150. The van der Waals surface area contributed by atoms with Crippen LogP contribution >= 0.6 is 11.6 Å². The Labute approximate surface area is 190 Å². The van der Waals surface area contributed by atoms with Gasteiger partial charge in [-0.3, -0.25) is 4.79 Å². The predicted octanol–water partition coefficient (Wildman–Crippen LogP) is 4.81. The zero-order valence-corrected chi connectivity index (χ0v) is 18.1. The van der Waals surface area contributed by atoms with Crippen LogP contribution < -0.4 is 24.4 Å². The molecule has 1 aliphatic rings. The topological polar surface area (TPSA) is 78.4 Å². The zero-order chi connectivity index (χ0) is 22.3. The molecule has 7 nitrogen and oxygen atoms in total. The number of hydrogen-bond donors (Lipinski definition) is 1. The van der Waals surface area contributed by atoms with Crippen molar-refractivity contribution in [2.24, 2.45) is 5.10 Å². The highest BCUT2D eigenvalue weighted by Gasteiger charge is 2.16. The number of rotatable bonds is 8.